The van der Waals surface area contributed by atoms with Crippen LogP contribution in [0, 0.1) is 6.92 Å². The van der Waals surface area contributed by atoms with E-state index in [2.05, 4.69) is 67.1 Å². The predicted octanol–water partition coefficient (Wildman–Crippen LogP) is 4.48. The molecule has 3 heterocycles. The van der Waals surface area contributed by atoms with E-state index in [0.717, 1.165) is 33.8 Å². The predicted molar refractivity (Wildman–Crippen MR) is 93.7 cm³/mol. The molecule has 0 bridgehead atoms. The molecule has 3 aromatic heterocycles. The van der Waals surface area contributed by atoms with Crippen LogP contribution in [0.3, 0.4) is 0 Å². The minimum atomic E-state index is 0.00227. The zero-order valence-corrected chi connectivity index (χ0v) is 13.9. The Bertz CT molecular complexity index is 1010. The highest BCUT2D eigenvalue weighted by atomic mass is 15.3. The molecule has 116 valence electrons. The van der Waals surface area contributed by atoms with E-state index < -0.39 is 0 Å². The summed E-state index contributed by atoms with van der Waals surface area (Å²) in [6.45, 7) is 8.55. The van der Waals surface area contributed by atoms with Crippen molar-refractivity contribution < 1.29 is 0 Å². The van der Waals surface area contributed by atoms with Crippen LogP contribution in [0.25, 0.3) is 27.8 Å². The lowest BCUT2D eigenvalue weighted by Gasteiger charge is -2.13. The van der Waals surface area contributed by atoms with Crippen molar-refractivity contribution in [1.82, 2.24) is 19.6 Å². The molecule has 0 saturated carbocycles. The lowest BCUT2D eigenvalue weighted by Crippen LogP contribution is -2.12. The molecule has 0 aliphatic carbocycles. The summed E-state index contributed by atoms with van der Waals surface area (Å²) in [7, 11) is 0. The van der Waals surface area contributed by atoms with Crippen molar-refractivity contribution in [1.29, 1.82) is 0 Å². The number of H-pyrrole nitrogens is 1. The Morgan fingerprint density at radius 1 is 1.04 bits per heavy atom. The van der Waals surface area contributed by atoms with Crippen LogP contribution >= 0.6 is 0 Å². The molecule has 4 heteroatoms. The maximum atomic E-state index is 4.81. The number of hydrogen-bond donors (Lipinski definition) is 1. The molecule has 0 spiro atoms. The summed E-state index contributed by atoms with van der Waals surface area (Å²) in [6, 6.07) is 12.7. The van der Waals surface area contributed by atoms with Crippen molar-refractivity contribution >= 4 is 16.6 Å². The SMILES string of the molecule is Cc1cc(-c2ccc3cc[nH]c3c2)n2nc(C(C)(C)C)cc2n1. The monoisotopic (exact) mass is 304 g/mol. The highest BCUT2D eigenvalue weighted by molar-refractivity contribution is 5.84. The molecule has 0 radical (unpaired) electrons. The quantitative estimate of drug-likeness (QED) is 0.563. The fourth-order valence-corrected chi connectivity index (χ4v) is 2.88. The first-order valence-electron chi connectivity index (χ1n) is 7.87. The van der Waals surface area contributed by atoms with Gasteiger partial charge in [-0.05, 0) is 30.5 Å². The van der Waals surface area contributed by atoms with Gasteiger partial charge in [0.05, 0.1) is 11.4 Å². The van der Waals surface area contributed by atoms with E-state index in [9.17, 15) is 0 Å². The molecule has 0 unspecified atom stereocenters. The van der Waals surface area contributed by atoms with E-state index in [1.807, 2.05) is 17.6 Å². The fraction of sp³-hybridized carbons (Fsp3) is 0.263. The van der Waals surface area contributed by atoms with Gasteiger partial charge in [0.25, 0.3) is 0 Å². The Labute approximate surface area is 135 Å². The van der Waals surface area contributed by atoms with Crippen LogP contribution in [-0.4, -0.2) is 19.6 Å². The van der Waals surface area contributed by atoms with E-state index in [0.29, 0.717) is 0 Å². The first-order chi connectivity index (χ1) is 10.9. The van der Waals surface area contributed by atoms with Gasteiger partial charge in [-0.1, -0.05) is 32.9 Å². The highest BCUT2D eigenvalue weighted by Gasteiger charge is 2.19. The Hall–Kier alpha value is -2.62. The smallest absolute Gasteiger partial charge is 0.156 e. The van der Waals surface area contributed by atoms with Gasteiger partial charge in [0.1, 0.15) is 0 Å². The van der Waals surface area contributed by atoms with Crippen LogP contribution in [0.2, 0.25) is 0 Å². The van der Waals surface area contributed by atoms with Crippen LogP contribution in [0.4, 0.5) is 0 Å². The Morgan fingerprint density at radius 3 is 2.65 bits per heavy atom. The molecule has 4 aromatic rings. The molecule has 0 aliphatic heterocycles. The molecule has 4 rings (SSSR count). The van der Waals surface area contributed by atoms with Crippen molar-refractivity contribution in [2.24, 2.45) is 0 Å². The average molecular weight is 304 g/mol. The molecule has 0 saturated heterocycles. The number of aromatic amines is 1. The number of nitrogens with one attached hydrogen (secondary N) is 1. The molecule has 23 heavy (non-hydrogen) atoms. The first-order valence-corrected chi connectivity index (χ1v) is 7.87. The van der Waals surface area contributed by atoms with Gasteiger partial charge in [-0.3, -0.25) is 0 Å². The van der Waals surface area contributed by atoms with Crippen LogP contribution < -0.4 is 0 Å². The minimum Gasteiger partial charge on any atom is -0.361 e. The fourth-order valence-electron chi connectivity index (χ4n) is 2.88. The van der Waals surface area contributed by atoms with Gasteiger partial charge in [-0.15, -0.1) is 0 Å². The van der Waals surface area contributed by atoms with Gasteiger partial charge in [0.2, 0.25) is 0 Å². The van der Waals surface area contributed by atoms with Crippen molar-refractivity contribution in [3.63, 3.8) is 0 Å². The van der Waals surface area contributed by atoms with Crippen LogP contribution in [0.5, 0.6) is 0 Å². The van der Waals surface area contributed by atoms with E-state index in [1.54, 1.807) is 0 Å². The Morgan fingerprint density at radius 2 is 1.87 bits per heavy atom. The summed E-state index contributed by atoms with van der Waals surface area (Å²) < 4.78 is 1.96. The third-order valence-electron chi connectivity index (χ3n) is 4.17. The summed E-state index contributed by atoms with van der Waals surface area (Å²) in [4.78, 5) is 7.92. The van der Waals surface area contributed by atoms with E-state index in [-0.39, 0.29) is 5.41 Å². The average Bonchev–Trinajstić information content (AvgIpc) is 3.10. The van der Waals surface area contributed by atoms with Crippen LogP contribution in [0.1, 0.15) is 32.2 Å². The van der Waals surface area contributed by atoms with Gasteiger partial charge in [0, 0.05) is 34.5 Å². The number of aromatic nitrogens is 4. The molecular weight excluding hydrogens is 284 g/mol. The second-order valence-corrected chi connectivity index (χ2v) is 7.11. The highest BCUT2D eigenvalue weighted by Crippen LogP contribution is 2.27. The van der Waals surface area contributed by atoms with Gasteiger partial charge >= 0.3 is 0 Å². The van der Waals surface area contributed by atoms with Crippen molar-refractivity contribution in [2.75, 3.05) is 0 Å². The van der Waals surface area contributed by atoms with Crippen LogP contribution in [0.15, 0.2) is 42.6 Å². The lowest BCUT2D eigenvalue weighted by atomic mass is 9.93. The molecule has 0 atom stereocenters. The third kappa shape index (κ3) is 2.31. The first kappa shape index (κ1) is 14.0. The number of hydrogen-bond acceptors (Lipinski definition) is 2. The largest absolute Gasteiger partial charge is 0.361 e. The molecule has 1 aromatic carbocycles. The summed E-state index contributed by atoms with van der Waals surface area (Å²) in [5, 5.41) is 6.03. The van der Waals surface area contributed by atoms with Crippen LogP contribution in [-0.2, 0) is 5.41 Å². The lowest BCUT2D eigenvalue weighted by molar-refractivity contribution is 0.563. The van der Waals surface area contributed by atoms with E-state index in [1.165, 1.54) is 5.39 Å². The second kappa shape index (κ2) is 4.69. The minimum absolute atomic E-state index is 0.00227. The topological polar surface area (TPSA) is 46.0 Å². The van der Waals surface area contributed by atoms with Crippen molar-refractivity contribution in [3.8, 4) is 11.3 Å². The standard InChI is InChI=1S/C19H20N4/c1-12-9-16(14-6-5-13-7-8-20-15(13)10-14)23-18(21-12)11-17(22-23)19(2,3)4/h5-11,20H,1-4H3. The van der Waals surface area contributed by atoms with E-state index >= 15 is 0 Å². The zero-order chi connectivity index (χ0) is 16.2. The van der Waals surface area contributed by atoms with Crippen molar-refractivity contribution in [2.45, 2.75) is 33.1 Å². The van der Waals surface area contributed by atoms with Gasteiger partial charge < -0.3 is 4.98 Å². The van der Waals surface area contributed by atoms with Gasteiger partial charge in [-0.25, -0.2) is 9.50 Å². The molecule has 0 aliphatic rings. The van der Waals surface area contributed by atoms with Crippen molar-refractivity contribution in [3.05, 3.63) is 54.0 Å². The molecule has 0 fully saturated rings. The summed E-state index contributed by atoms with van der Waals surface area (Å²) in [6.07, 6.45) is 1.97. The van der Waals surface area contributed by atoms with Gasteiger partial charge in [-0.2, -0.15) is 5.10 Å². The zero-order valence-electron chi connectivity index (χ0n) is 13.9. The Balaban J connectivity index is 1.99. The normalized spacial score (nSPS) is 12.3. The number of benzene rings is 1. The van der Waals surface area contributed by atoms with Gasteiger partial charge in [0.15, 0.2) is 5.65 Å². The third-order valence-corrected chi connectivity index (χ3v) is 4.17. The summed E-state index contributed by atoms with van der Waals surface area (Å²) >= 11 is 0. The number of nitrogens with zero attached hydrogens (tertiary/aromatic N) is 3. The summed E-state index contributed by atoms with van der Waals surface area (Å²) in [5.41, 5.74) is 6.29. The summed E-state index contributed by atoms with van der Waals surface area (Å²) in [5.74, 6) is 0. The molecular formula is C19H20N4. The number of rotatable bonds is 1. The molecule has 0 amide bonds. The molecule has 4 nitrogen and oxygen atoms in total. The Kier molecular flexibility index (Phi) is 2.85. The number of aryl methyl sites for hydroxylation is 1. The maximum absolute atomic E-state index is 4.81. The van der Waals surface area contributed by atoms with E-state index in [4.69, 9.17) is 5.10 Å². The molecule has 1 N–H and O–H groups in total. The maximum Gasteiger partial charge on any atom is 0.156 e. The number of fused-ring (bicyclic) bond motifs is 2. The second-order valence-electron chi connectivity index (χ2n) is 7.11.